The highest BCUT2D eigenvalue weighted by molar-refractivity contribution is 5.77. The molecule has 0 radical (unpaired) electrons. The predicted molar refractivity (Wildman–Crippen MR) is 70.6 cm³/mol. The summed E-state index contributed by atoms with van der Waals surface area (Å²) in [5, 5.41) is 2.81. The maximum Gasteiger partial charge on any atom is 0.416 e. The van der Waals surface area contributed by atoms with Gasteiger partial charge in [0.2, 0.25) is 0 Å². The summed E-state index contributed by atoms with van der Waals surface area (Å²) in [6, 6.07) is 5.42. The van der Waals surface area contributed by atoms with E-state index in [0.717, 1.165) is 30.8 Å². The van der Waals surface area contributed by atoms with Gasteiger partial charge in [0, 0.05) is 32.7 Å². The average Bonchev–Trinajstić information content (AvgIpc) is 2.80. The van der Waals surface area contributed by atoms with Crippen LogP contribution in [0.5, 0.6) is 0 Å². The van der Waals surface area contributed by atoms with E-state index >= 15 is 0 Å². The number of alkyl halides is 3. The number of halogens is 3. The second-order valence-corrected chi connectivity index (χ2v) is 5.46. The first kappa shape index (κ1) is 14.2. The van der Waals surface area contributed by atoms with Gasteiger partial charge in [0.25, 0.3) is 0 Å². The van der Waals surface area contributed by atoms with E-state index in [1.54, 1.807) is 0 Å². The number of carbonyl (C=O) groups is 1. The van der Waals surface area contributed by atoms with Gasteiger partial charge in [0.05, 0.1) is 11.6 Å². The number of rotatable bonds is 2. The van der Waals surface area contributed by atoms with Crippen LogP contribution in [0.25, 0.3) is 0 Å². The molecule has 21 heavy (non-hydrogen) atoms. The van der Waals surface area contributed by atoms with Crippen molar-refractivity contribution in [2.75, 3.05) is 26.2 Å². The molecule has 7 heteroatoms. The fourth-order valence-corrected chi connectivity index (χ4v) is 2.87. The van der Waals surface area contributed by atoms with Gasteiger partial charge >= 0.3 is 12.2 Å². The molecule has 1 aromatic rings. The molecule has 2 saturated heterocycles. The Morgan fingerprint density at radius 2 is 1.90 bits per heavy atom. The summed E-state index contributed by atoms with van der Waals surface area (Å²) in [5.41, 5.74) is 0.232. The minimum Gasteiger partial charge on any atom is -0.336 e. The molecule has 114 valence electrons. The predicted octanol–water partition coefficient (Wildman–Crippen LogP) is 1.91. The van der Waals surface area contributed by atoms with E-state index in [4.69, 9.17) is 0 Å². The van der Waals surface area contributed by atoms with Crippen molar-refractivity contribution in [1.82, 2.24) is 15.1 Å². The molecule has 1 atom stereocenters. The van der Waals surface area contributed by atoms with Crippen LogP contribution in [-0.4, -0.2) is 48.1 Å². The molecule has 3 rings (SSSR count). The van der Waals surface area contributed by atoms with E-state index in [1.807, 2.05) is 4.90 Å². The third-order valence-corrected chi connectivity index (χ3v) is 4.00. The molecule has 1 aromatic carbocycles. The van der Waals surface area contributed by atoms with Crippen molar-refractivity contribution < 1.29 is 18.0 Å². The lowest BCUT2D eigenvalue weighted by atomic mass is 10.1. The van der Waals surface area contributed by atoms with Crippen molar-refractivity contribution >= 4 is 6.03 Å². The van der Waals surface area contributed by atoms with E-state index in [9.17, 15) is 18.0 Å². The fourth-order valence-electron chi connectivity index (χ4n) is 2.87. The molecule has 2 heterocycles. The van der Waals surface area contributed by atoms with Crippen molar-refractivity contribution in [2.24, 2.45) is 0 Å². The van der Waals surface area contributed by atoms with Crippen LogP contribution in [0.1, 0.15) is 11.1 Å². The second-order valence-electron chi connectivity index (χ2n) is 5.46. The first-order valence-corrected chi connectivity index (χ1v) is 6.86. The highest BCUT2D eigenvalue weighted by atomic mass is 19.4. The van der Waals surface area contributed by atoms with E-state index in [-0.39, 0.29) is 12.1 Å². The van der Waals surface area contributed by atoms with E-state index in [1.165, 1.54) is 12.1 Å². The van der Waals surface area contributed by atoms with Crippen LogP contribution in [0.3, 0.4) is 0 Å². The molecule has 1 unspecified atom stereocenters. The van der Waals surface area contributed by atoms with Gasteiger partial charge in [0.15, 0.2) is 0 Å². The summed E-state index contributed by atoms with van der Waals surface area (Å²) >= 11 is 0. The zero-order valence-corrected chi connectivity index (χ0v) is 11.4. The number of hydrogen-bond donors (Lipinski definition) is 1. The fraction of sp³-hybridized carbons (Fsp3) is 0.500. The normalized spacial score (nSPS) is 23.1. The number of fused-ring (bicyclic) bond motifs is 1. The van der Waals surface area contributed by atoms with Gasteiger partial charge in [-0.2, -0.15) is 13.2 Å². The first-order valence-electron chi connectivity index (χ1n) is 6.86. The Hall–Kier alpha value is -1.76. The maximum absolute atomic E-state index is 12.5. The quantitative estimate of drug-likeness (QED) is 0.905. The molecule has 0 aromatic heterocycles. The topological polar surface area (TPSA) is 35.6 Å². The lowest BCUT2D eigenvalue weighted by Crippen LogP contribution is -2.51. The number of amides is 2. The molecule has 2 aliphatic rings. The third-order valence-electron chi connectivity index (χ3n) is 4.00. The zero-order chi connectivity index (χ0) is 15.0. The van der Waals surface area contributed by atoms with Crippen LogP contribution in [0.4, 0.5) is 18.0 Å². The van der Waals surface area contributed by atoms with Gasteiger partial charge in [-0.3, -0.25) is 4.90 Å². The van der Waals surface area contributed by atoms with Crippen LogP contribution in [-0.2, 0) is 12.7 Å². The van der Waals surface area contributed by atoms with Gasteiger partial charge in [0.1, 0.15) is 0 Å². The number of nitrogens with one attached hydrogen (secondary N) is 1. The Morgan fingerprint density at radius 3 is 2.57 bits per heavy atom. The zero-order valence-electron chi connectivity index (χ0n) is 11.4. The molecule has 0 spiro atoms. The maximum atomic E-state index is 12.5. The van der Waals surface area contributed by atoms with Gasteiger partial charge in [-0.15, -0.1) is 0 Å². The molecule has 2 aliphatic heterocycles. The highest BCUT2D eigenvalue weighted by Crippen LogP contribution is 2.29. The molecule has 0 saturated carbocycles. The molecule has 1 N–H and O–H groups in total. The standard InChI is InChI=1S/C14H16F3N3O/c15-14(16,17)11-3-1-10(2-4-11)8-19-5-6-20-12(9-19)7-18-13(20)21/h1-4,12H,5-9H2,(H,18,21). The lowest BCUT2D eigenvalue weighted by molar-refractivity contribution is -0.137. The van der Waals surface area contributed by atoms with Gasteiger partial charge < -0.3 is 10.2 Å². The van der Waals surface area contributed by atoms with Crippen molar-refractivity contribution in [3.05, 3.63) is 35.4 Å². The number of carbonyl (C=O) groups excluding carboxylic acids is 1. The smallest absolute Gasteiger partial charge is 0.336 e. The Labute approximate surface area is 120 Å². The molecule has 4 nitrogen and oxygen atoms in total. The monoisotopic (exact) mass is 299 g/mol. The number of benzene rings is 1. The Morgan fingerprint density at radius 1 is 1.19 bits per heavy atom. The lowest BCUT2D eigenvalue weighted by Gasteiger charge is -2.36. The van der Waals surface area contributed by atoms with Crippen molar-refractivity contribution in [3.63, 3.8) is 0 Å². The average molecular weight is 299 g/mol. The number of urea groups is 1. The van der Waals surface area contributed by atoms with E-state index in [0.29, 0.717) is 19.6 Å². The Bertz CT molecular complexity index is 529. The largest absolute Gasteiger partial charge is 0.416 e. The molecule has 0 aliphatic carbocycles. The number of hydrogen-bond acceptors (Lipinski definition) is 2. The minimum atomic E-state index is -4.29. The van der Waals surface area contributed by atoms with Gasteiger partial charge in [-0.1, -0.05) is 12.1 Å². The van der Waals surface area contributed by atoms with Crippen LogP contribution >= 0.6 is 0 Å². The SMILES string of the molecule is O=C1NCC2CN(Cc3ccc(C(F)(F)F)cc3)CCN12. The summed E-state index contributed by atoms with van der Waals surface area (Å²) in [6.45, 7) is 3.40. The molecule has 2 amide bonds. The number of nitrogens with zero attached hydrogens (tertiary/aromatic N) is 2. The first-order chi connectivity index (χ1) is 9.93. The van der Waals surface area contributed by atoms with Crippen LogP contribution in [0.2, 0.25) is 0 Å². The highest BCUT2D eigenvalue weighted by Gasteiger charge is 2.35. The molecule has 2 fully saturated rings. The Kier molecular flexibility index (Phi) is 3.52. The van der Waals surface area contributed by atoms with Crippen LogP contribution in [0.15, 0.2) is 24.3 Å². The second kappa shape index (κ2) is 5.22. The minimum absolute atomic E-state index is 0.0193. The van der Waals surface area contributed by atoms with Crippen molar-refractivity contribution in [1.29, 1.82) is 0 Å². The Balaban J connectivity index is 1.61. The summed E-state index contributed by atoms with van der Waals surface area (Å²) in [7, 11) is 0. The summed E-state index contributed by atoms with van der Waals surface area (Å²) in [4.78, 5) is 15.5. The van der Waals surface area contributed by atoms with Crippen LogP contribution < -0.4 is 5.32 Å². The summed E-state index contributed by atoms with van der Waals surface area (Å²) in [6.07, 6.45) is -4.29. The van der Waals surface area contributed by atoms with Crippen LogP contribution in [0, 0.1) is 0 Å². The molecule has 0 bridgehead atoms. The molecular formula is C14H16F3N3O. The van der Waals surface area contributed by atoms with Gasteiger partial charge in [-0.25, -0.2) is 4.79 Å². The molecular weight excluding hydrogens is 283 g/mol. The summed E-state index contributed by atoms with van der Waals surface area (Å²) < 4.78 is 37.5. The van der Waals surface area contributed by atoms with Crippen molar-refractivity contribution in [3.8, 4) is 0 Å². The van der Waals surface area contributed by atoms with E-state index < -0.39 is 11.7 Å². The summed E-state index contributed by atoms with van der Waals surface area (Å²) in [5.74, 6) is 0. The number of piperazine rings is 1. The third kappa shape index (κ3) is 2.97. The van der Waals surface area contributed by atoms with E-state index in [2.05, 4.69) is 10.2 Å². The van der Waals surface area contributed by atoms with Gasteiger partial charge in [-0.05, 0) is 17.7 Å². The van der Waals surface area contributed by atoms with Crippen molar-refractivity contribution in [2.45, 2.75) is 18.8 Å².